The molecule has 0 saturated heterocycles. The van der Waals surface area contributed by atoms with Crippen LogP contribution in [0.2, 0.25) is 0 Å². The summed E-state index contributed by atoms with van der Waals surface area (Å²) in [6.07, 6.45) is 0.813. The molecule has 1 heterocycles. The van der Waals surface area contributed by atoms with E-state index in [4.69, 9.17) is 14.2 Å². The quantitative estimate of drug-likeness (QED) is 0.579. The molecule has 4 nitrogen and oxygen atoms in total. The van der Waals surface area contributed by atoms with E-state index in [9.17, 15) is 4.79 Å². The fraction of sp³-hybridized carbons (Fsp3) is 0.400. The number of hydrogen-bond donors (Lipinski definition) is 0. The summed E-state index contributed by atoms with van der Waals surface area (Å²) in [5.74, 6) is 0.416. The molecule has 5 heteroatoms. The first-order valence-corrected chi connectivity index (χ1v) is 7.44. The Bertz CT molecular complexity index is 576. The van der Waals surface area contributed by atoms with Crippen molar-refractivity contribution in [2.75, 3.05) is 26.9 Å². The normalized spacial score (nSPS) is 10.7. The number of thiophene rings is 1. The van der Waals surface area contributed by atoms with Crippen molar-refractivity contribution in [1.82, 2.24) is 0 Å². The second-order valence-corrected chi connectivity index (χ2v) is 5.14. The molecule has 0 unspecified atom stereocenters. The molecule has 0 saturated carbocycles. The molecule has 2 aromatic rings. The predicted molar refractivity (Wildman–Crippen MR) is 79.8 cm³/mol. The van der Waals surface area contributed by atoms with E-state index < -0.39 is 0 Å². The zero-order valence-corrected chi connectivity index (χ0v) is 12.5. The molecule has 0 aliphatic rings. The van der Waals surface area contributed by atoms with E-state index in [0.717, 1.165) is 22.3 Å². The lowest BCUT2D eigenvalue weighted by Gasteiger charge is -2.09. The van der Waals surface area contributed by atoms with Crippen LogP contribution in [0.25, 0.3) is 10.1 Å². The first-order valence-electron chi connectivity index (χ1n) is 6.56. The summed E-state index contributed by atoms with van der Waals surface area (Å²) in [7, 11) is 1.67. The molecule has 20 heavy (non-hydrogen) atoms. The maximum absolute atomic E-state index is 11.8. The second-order valence-electron chi connectivity index (χ2n) is 4.23. The van der Waals surface area contributed by atoms with Crippen molar-refractivity contribution >= 4 is 27.4 Å². The minimum Gasteiger partial charge on any atom is -0.492 e. The summed E-state index contributed by atoms with van der Waals surface area (Å²) < 4.78 is 16.9. The number of carbonyl (C=O) groups is 1. The second kappa shape index (κ2) is 7.26. The van der Waals surface area contributed by atoms with Crippen molar-refractivity contribution < 1.29 is 19.0 Å². The molecule has 1 aromatic carbocycles. The Morgan fingerprint density at radius 3 is 2.90 bits per heavy atom. The molecule has 0 atom stereocenters. The van der Waals surface area contributed by atoms with Gasteiger partial charge in [0.1, 0.15) is 5.75 Å². The Morgan fingerprint density at radius 1 is 1.30 bits per heavy atom. The van der Waals surface area contributed by atoms with Crippen molar-refractivity contribution in [2.24, 2.45) is 0 Å². The third kappa shape index (κ3) is 3.49. The largest absolute Gasteiger partial charge is 0.492 e. The molecule has 0 fully saturated rings. The molecule has 108 valence electrons. The van der Waals surface area contributed by atoms with Crippen LogP contribution in [-0.4, -0.2) is 32.9 Å². The van der Waals surface area contributed by atoms with E-state index >= 15 is 0 Å². The van der Waals surface area contributed by atoms with Gasteiger partial charge >= 0.3 is 5.97 Å². The fourth-order valence-corrected chi connectivity index (χ4v) is 2.72. The number of benzene rings is 1. The minimum absolute atomic E-state index is 0.317. The van der Waals surface area contributed by atoms with Crippen molar-refractivity contribution in [2.45, 2.75) is 13.3 Å². The number of methoxy groups -OCH3 is 1. The summed E-state index contributed by atoms with van der Waals surface area (Å²) in [4.78, 5) is 11.8. The zero-order valence-electron chi connectivity index (χ0n) is 11.7. The molecular formula is C15H18O4S. The highest BCUT2D eigenvalue weighted by Gasteiger charge is 2.12. The first-order chi connectivity index (χ1) is 9.76. The highest BCUT2D eigenvalue weighted by atomic mass is 32.1. The van der Waals surface area contributed by atoms with Crippen LogP contribution >= 0.6 is 11.3 Å². The van der Waals surface area contributed by atoms with Gasteiger partial charge in [-0.2, -0.15) is 0 Å². The van der Waals surface area contributed by atoms with Crippen LogP contribution in [0.4, 0.5) is 0 Å². The summed E-state index contributed by atoms with van der Waals surface area (Å²) in [5.41, 5.74) is 0.527. The maximum atomic E-state index is 11.8. The average Bonchev–Trinajstić information content (AvgIpc) is 2.92. The number of rotatable bonds is 7. The highest BCUT2D eigenvalue weighted by molar-refractivity contribution is 7.17. The fourth-order valence-electron chi connectivity index (χ4n) is 1.87. The van der Waals surface area contributed by atoms with E-state index in [1.807, 2.05) is 17.5 Å². The number of carbonyl (C=O) groups excluding carboxylic acids is 1. The molecule has 0 aliphatic heterocycles. The summed E-state index contributed by atoms with van der Waals surface area (Å²) in [6, 6.07) is 5.57. The maximum Gasteiger partial charge on any atom is 0.338 e. The van der Waals surface area contributed by atoms with Gasteiger partial charge in [0, 0.05) is 20.1 Å². The van der Waals surface area contributed by atoms with Crippen LogP contribution in [0.5, 0.6) is 5.75 Å². The molecule has 0 aliphatic carbocycles. The lowest BCUT2D eigenvalue weighted by atomic mass is 10.1. The lowest BCUT2D eigenvalue weighted by Crippen LogP contribution is -2.06. The standard InChI is InChI=1S/C15H18O4S/c1-3-18-15(16)12-9-11-5-8-20-14(11)13(10-12)19-7-4-6-17-2/h5,8-10H,3-4,6-7H2,1-2H3. The molecule has 2 rings (SSSR count). The van der Waals surface area contributed by atoms with Crippen molar-refractivity contribution in [3.63, 3.8) is 0 Å². The van der Waals surface area contributed by atoms with Crippen molar-refractivity contribution in [3.05, 3.63) is 29.1 Å². The average molecular weight is 294 g/mol. The monoisotopic (exact) mass is 294 g/mol. The van der Waals surface area contributed by atoms with E-state index in [1.54, 1.807) is 31.4 Å². The summed E-state index contributed by atoms with van der Waals surface area (Å²) in [6.45, 7) is 3.38. The number of ether oxygens (including phenoxy) is 3. The Labute approximate surface area is 122 Å². The Morgan fingerprint density at radius 2 is 2.15 bits per heavy atom. The molecule has 0 radical (unpaired) electrons. The third-order valence-electron chi connectivity index (χ3n) is 2.78. The van der Waals surface area contributed by atoms with E-state index in [2.05, 4.69) is 0 Å². The van der Waals surface area contributed by atoms with Gasteiger partial charge in [0.25, 0.3) is 0 Å². The smallest absolute Gasteiger partial charge is 0.338 e. The van der Waals surface area contributed by atoms with E-state index in [0.29, 0.717) is 25.4 Å². The van der Waals surface area contributed by atoms with Gasteiger partial charge in [-0.25, -0.2) is 4.79 Å². The van der Waals surface area contributed by atoms with E-state index in [1.165, 1.54) is 0 Å². The van der Waals surface area contributed by atoms with Crippen LogP contribution in [0.1, 0.15) is 23.7 Å². The number of esters is 1. The van der Waals surface area contributed by atoms with Crippen LogP contribution in [0, 0.1) is 0 Å². The SMILES string of the molecule is CCOC(=O)c1cc(OCCCOC)c2sccc2c1. The molecule has 0 amide bonds. The van der Waals surface area contributed by atoms with Crippen LogP contribution in [-0.2, 0) is 9.47 Å². The molecule has 0 N–H and O–H groups in total. The Balaban J connectivity index is 2.21. The van der Waals surface area contributed by atoms with Crippen molar-refractivity contribution in [1.29, 1.82) is 0 Å². The Kier molecular flexibility index (Phi) is 5.38. The first kappa shape index (κ1) is 14.8. The zero-order chi connectivity index (χ0) is 14.4. The van der Waals surface area contributed by atoms with Gasteiger partial charge in [-0.1, -0.05) is 0 Å². The van der Waals surface area contributed by atoms with Gasteiger partial charge in [0.15, 0.2) is 0 Å². The molecule has 0 spiro atoms. The Hall–Kier alpha value is -1.59. The van der Waals surface area contributed by atoms with Crippen LogP contribution in [0.15, 0.2) is 23.6 Å². The van der Waals surface area contributed by atoms with Gasteiger partial charge in [0.05, 0.1) is 23.5 Å². The van der Waals surface area contributed by atoms with Gasteiger partial charge in [-0.3, -0.25) is 0 Å². The number of hydrogen-bond acceptors (Lipinski definition) is 5. The highest BCUT2D eigenvalue weighted by Crippen LogP contribution is 2.32. The van der Waals surface area contributed by atoms with Crippen LogP contribution in [0.3, 0.4) is 0 Å². The topological polar surface area (TPSA) is 44.8 Å². The van der Waals surface area contributed by atoms with Gasteiger partial charge in [-0.05, 0) is 35.9 Å². The lowest BCUT2D eigenvalue weighted by molar-refractivity contribution is 0.0526. The van der Waals surface area contributed by atoms with Crippen molar-refractivity contribution in [3.8, 4) is 5.75 Å². The number of fused-ring (bicyclic) bond motifs is 1. The molecular weight excluding hydrogens is 276 g/mol. The van der Waals surface area contributed by atoms with Gasteiger partial charge in [-0.15, -0.1) is 11.3 Å². The summed E-state index contributed by atoms with van der Waals surface area (Å²) >= 11 is 1.60. The van der Waals surface area contributed by atoms with Gasteiger partial charge < -0.3 is 14.2 Å². The minimum atomic E-state index is -0.317. The van der Waals surface area contributed by atoms with E-state index in [-0.39, 0.29) is 5.97 Å². The predicted octanol–water partition coefficient (Wildman–Crippen LogP) is 3.49. The molecule has 1 aromatic heterocycles. The molecule has 0 bridgehead atoms. The van der Waals surface area contributed by atoms with Gasteiger partial charge in [0.2, 0.25) is 0 Å². The van der Waals surface area contributed by atoms with Crippen LogP contribution < -0.4 is 4.74 Å². The summed E-state index contributed by atoms with van der Waals surface area (Å²) in [5, 5.41) is 2.99. The third-order valence-corrected chi connectivity index (χ3v) is 3.72.